The fourth-order valence-electron chi connectivity index (χ4n) is 4.68. The summed E-state index contributed by atoms with van der Waals surface area (Å²) in [6.45, 7) is 6.34. The van der Waals surface area contributed by atoms with Crippen molar-refractivity contribution in [1.29, 1.82) is 0 Å². The minimum Gasteiger partial charge on any atom is -0.343 e. The van der Waals surface area contributed by atoms with E-state index in [2.05, 4.69) is 36.3 Å². The molecule has 2 aromatic heterocycles. The van der Waals surface area contributed by atoms with E-state index in [-0.39, 0.29) is 17.2 Å². The second-order valence-electron chi connectivity index (χ2n) is 8.77. The van der Waals surface area contributed by atoms with E-state index in [0.29, 0.717) is 6.42 Å². The van der Waals surface area contributed by atoms with Gasteiger partial charge in [-0.2, -0.15) is 5.10 Å². The Morgan fingerprint density at radius 3 is 2.62 bits per heavy atom. The number of aromatic nitrogens is 3. The molecular weight excluding hydrogens is 360 g/mol. The van der Waals surface area contributed by atoms with Crippen LogP contribution in [0.4, 0.5) is 5.82 Å². The van der Waals surface area contributed by atoms with Crippen LogP contribution >= 0.6 is 0 Å². The number of nitrogens with one attached hydrogen (secondary N) is 1. The molecule has 0 spiro atoms. The lowest BCUT2D eigenvalue weighted by molar-refractivity contribution is -0.118. The van der Waals surface area contributed by atoms with Crippen molar-refractivity contribution in [2.24, 2.45) is 5.41 Å². The van der Waals surface area contributed by atoms with Crippen molar-refractivity contribution in [1.82, 2.24) is 14.8 Å². The third-order valence-corrected chi connectivity index (χ3v) is 5.86. The maximum absolute atomic E-state index is 13.2. The molecule has 0 fully saturated rings. The van der Waals surface area contributed by atoms with Gasteiger partial charge in [-0.3, -0.25) is 9.78 Å². The summed E-state index contributed by atoms with van der Waals surface area (Å²) in [6, 6.07) is 14.0. The van der Waals surface area contributed by atoms with E-state index in [9.17, 15) is 4.79 Å². The molecule has 2 aliphatic rings. The normalized spacial score (nSPS) is 20.1. The summed E-state index contributed by atoms with van der Waals surface area (Å²) in [4.78, 5) is 17.6. The van der Waals surface area contributed by atoms with Crippen LogP contribution in [0.1, 0.15) is 44.0 Å². The maximum Gasteiger partial charge on any atom is 0.163 e. The average Bonchev–Trinajstić information content (AvgIpc) is 3.02. The summed E-state index contributed by atoms with van der Waals surface area (Å²) in [5, 5.41) is 8.50. The zero-order chi connectivity index (χ0) is 20.2. The lowest BCUT2D eigenvalue weighted by Gasteiger charge is -2.39. The number of allylic oxidation sites excluding steroid dienone is 2. The summed E-state index contributed by atoms with van der Waals surface area (Å²) < 4.78 is 1.98. The van der Waals surface area contributed by atoms with Gasteiger partial charge in [0.2, 0.25) is 0 Å². The SMILES string of the molecule is Cc1nn2c(c1-c1ccccc1)NC1=C(C(=O)CC(C)(C)C1)[C@H]2c1cccnc1. The number of benzene rings is 1. The number of carbonyl (C=O) groups is 1. The zero-order valence-corrected chi connectivity index (χ0v) is 16.9. The molecule has 3 heterocycles. The molecule has 1 N–H and O–H groups in total. The topological polar surface area (TPSA) is 59.8 Å². The Bertz CT molecular complexity index is 1130. The van der Waals surface area contributed by atoms with Crippen LogP contribution in [0.5, 0.6) is 0 Å². The molecule has 5 nitrogen and oxygen atoms in total. The van der Waals surface area contributed by atoms with Crippen molar-refractivity contribution in [2.45, 2.75) is 39.7 Å². The van der Waals surface area contributed by atoms with Crippen LogP contribution in [0, 0.1) is 12.3 Å². The predicted octanol–water partition coefficient (Wildman–Crippen LogP) is 4.91. The third kappa shape index (κ3) is 2.89. The fraction of sp³-hybridized carbons (Fsp3) is 0.292. The molecular formula is C24H24N4O. The van der Waals surface area contributed by atoms with E-state index in [4.69, 9.17) is 5.10 Å². The highest BCUT2D eigenvalue weighted by Crippen LogP contribution is 2.48. The van der Waals surface area contributed by atoms with Gasteiger partial charge in [0.25, 0.3) is 0 Å². The monoisotopic (exact) mass is 384 g/mol. The first-order chi connectivity index (χ1) is 13.9. The highest BCUT2D eigenvalue weighted by atomic mass is 16.1. The highest BCUT2D eigenvalue weighted by molar-refractivity contribution is 6.00. The molecule has 0 amide bonds. The van der Waals surface area contributed by atoms with Gasteiger partial charge in [0.05, 0.1) is 5.69 Å². The Morgan fingerprint density at radius 2 is 1.90 bits per heavy atom. The van der Waals surface area contributed by atoms with Crippen molar-refractivity contribution in [2.75, 3.05) is 5.32 Å². The second-order valence-corrected chi connectivity index (χ2v) is 8.77. The van der Waals surface area contributed by atoms with Crippen molar-refractivity contribution in [3.05, 3.63) is 77.4 Å². The lowest BCUT2D eigenvalue weighted by atomic mass is 9.73. The Labute approximate surface area is 170 Å². The van der Waals surface area contributed by atoms with Crippen molar-refractivity contribution in [3.8, 4) is 11.1 Å². The van der Waals surface area contributed by atoms with Gasteiger partial charge in [-0.05, 0) is 36.0 Å². The van der Waals surface area contributed by atoms with Crippen LogP contribution in [0.2, 0.25) is 0 Å². The number of carbonyl (C=O) groups excluding carboxylic acids is 1. The summed E-state index contributed by atoms with van der Waals surface area (Å²) in [6.07, 6.45) is 4.99. The van der Waals surface area contributed by atoms with E-state index in [0.717, 1.165) is 45.9 Å². The fourth-order valence-corrected chi connectivity index (χ4v) is 4.68. The molecule has 1 aromatic carbocycles. The van der Waals surface area contributed by atoms with E-state index in [1.54, 1.807) is 6.20 Å². The van der Waals surface area contributed by atoms with Gasteiger partial charge in [0.1, 0.15) is 11.9 Å². The van der Waals surface area contributed by atoms with Gasteiger partial charge < -0.3 is 5.32 Å². The first-order valence-corrected chi connectivity index (χ1v) is 10.0. The van der Waals surface area contributed by atoms with E-state index in [1.165, 1.54) is 0 Å². The number of aryl methyl sites for hydroxylation is 1. The van der Waals surface area contributed by atoms with Crippen molar-refractivity contribution in [3.63, 3.8) is 0 Å². The number of nitrogens with zero attached hydrogens (tertiary/aromatic N) is 3. The molecule has 1 aliphatic heterocycles. The molecule has 0 saturated heterocycles. The molecule has 29 heavy (non-hydrogen) atoms. The molecule has 0 unspecified atom stereocenters. The van der Waals surface area contributed by atoms with Crippen LogP contribution in [0.3, 0.4) is 0 Å². The third-order valence-electron chi connectivity index (χ3n) is 5.86. The Kier molecular flexibility index (Phi) is 3.95. The van der Waals surface area contributed by atoms with Gasteiger partial charge in [-0.15, -0.1) is 0 Å². The smallest absolute Gasteiger partial charge is 0.163 e. The largest absolute Gasteiger partial charge is 0.343 e. The number of pyridine rings is 1. The van der Waals surface area contributed by atoms with Gasteiger partial charge >= 0.3 is 0 Å². The van der Waals surface area contributed by atoms with Gasteiger partial charge in [-0.1, -0.05) is 50.2 Å². The molecule has 1 atom stereocenters. The predicted molar refractivity (Wildman–Crippen MR) is 113 cm³/mol. The van der Waals surface area contributed by atoms with E-state index < -0.39 is 0 Å². The summed E-state index contributed by atoms with van der Waals surface area (Å²) in [5.74, 6) is 1.14. The first-order valence-electron chi connectivity index (χ1n) is 10.0. The number of fused-ring (bicyclic) bond motifs is 1. The Hall–Kier alpha value is -3.21. The number of rotatable bonds is 2. The summed E-state index contributed by atoms with van der Waals surface area (Å²) in [7, 11) is 0. The quantitative estimate of drug-likeness (QED) is 0.682. The van der Waals surface area contributed by atoms with E-state index in [1.807, 2.05) is 48.1 Å². The van der Waals surface area contributed by atoms with Crippen LogP contribution in [-0.2, 0) is 4.79 Å². The molecule has 3 aromatic rings. The zero-order valence-electron chi connectivity index (χ0n) is 16.9. The number of hydrogen-bond donors (Lipinski definition) is 1. The van der Waals surface area contributed by atoms with Crippen molar-refractivity contribution >= 4 is 11.6 Å². The number of hydrogen-bond acceptors (Lipinski definition) is 4. The summed E-state index contributed by atoms with van der Waals surface area (Å²) in [5.41, 5.74) is 5.91. The Balaban J connectivity index is 1.76. The second kappa shape index (κ2) is 6.41. The molecule has 5 heteroatoms. The molecule has 1 aliphatic carbocycles. The first kappa shape index (κ1) is 17.9. The molecule has 0 saturated carbocycles. The molecule has 146 valence electrons. The van der Waals surface area contributed by atoms with Crippen LogP contribution in [-0.4, -0.2) is 20.5 Å². The lowest BCUT2D eigenvalue weighted by Crippen LogP contribution is -2.36. The van der Waals surface area contributed by atoms with Crippen molar-refractivity contribution < 1.29 is 4.79 Å². The summed E-state index contributed by atoms with van der Waals surface area (Å²) >= 11 is 0. The maximum atomic E-state index is 13.2. The Morgan fingerprint density at radius 1 is 1.10 bits per heavy atom. The molecule has 0 radical (unpaired) electrons. The standard InChI is InChI=1S/C24H24N4O/c1-15-20(16-8-5-4-6-9-16)23-26-18-12-24(2,3)13-19(29)21(18)22(28(23)27-15)17-10-7-11-25-14-17/h4-11,14,22,26H,12-13H2,1-3H3/t22-/m1/s1. The molecule has 5 rings (SSSR count). The average molecular weight is 384 g/mol. The minimum atomic E-state index is -0.255. The van der Waals surface area contributed by atoms with Gasteiger partial charge in [0, 0.05) is 35.6 Å². The molecule has 0 bridgehead atoms. The number of anilines is 1. The van der Waals surface area contributed by atoms with Crippen LogP contribution in [0.15, 0.2) is 66.1 Å². The highest BCUT2D eigenvalue weighted by Gasteiger charge is 2.42. The number of ketones is 1. The van der Waals surface area contributed by atoms with Gasteiger partial charge in [-0.25, -0.2) is 4.68 Å². The van der Waals surface area contributed by atoms with Crippen LogP contribution in [0.25, 0.3) is 11.1 Å². The van der Waals surface area contributed by atoms with E-state index >= 15 is 0 Å². The number of Topliss-reactive ketones (excluding diaryl/α,β-unsaturated/α-hetero) is 1. The van der Waals surface area contributed by atoms with Gasteiger partial charge in [0.15, 0.2) is 5.78 Å². The minimum absolute atomic E-state index is 0.0629. The van der Waals surface area contributed by atoms with Crippen LogP contribution < -0.4 is 5.32 Å².